The van der Waals surface area contributed by atoms with Crippen LogP contribution in [0.2, 0.25) is 0 Å². The second-order valence-corrected chi connectivity index (χ2v) is 15.0. The summed E-state index contributed by atoms with van der Waals surface area (Å²) in [6, 6.07) is 25.2. The van der Waals surface area contributed by atoms with Gasteiger partial charge >= 0.3 is 18.0 Å². The normalized spacial score (nSPS) is 11.4. The number of methoxy groups -OCH3 is 2. The molecule has 6 aromatic rings. The van der Waals surface area contributed by atoms with Gasteiger partial charge < -0.3 is 30.3 Å². The maximum Gasteiger partial charge on any atom is 0.341 e. The van der Waals surface area contributed by atoms with E-state index in [0.29, 0.717) is 32.9 Å². The van der Waals surface area contributed by atoms with Crippen LogP contribution in [0.4, 0.5) is 27.5 Å². The van der Waals surface area contributed by atoms with Crippen LogP contribution in [0.1, 0.15) is 20.7 Å². The van der Waals surface area contributed by atoms with Gasteiger partial charge in [0, 0.05) is 22.7 Å². The van der Waals surface area contributed by atoms with Crippen LogP contribution in [0.3, 0.4) is 0 Å². The fourth-order valence-corrected chi connectivity index (χ4v) is 7.58. The molecular formula is C37H30N4O11S2. The largest absolute Gasteiger partial charge is 0.507 e. The number of ether oxygens (including phenoxy) is 2. The summed E-state index contributed by atoms with van der Waals surface area (Å²) in [5.74, 6) is -2.44. The Kier molecular flexibility index (Phi) is 10.0. The Labute approximate surface area is 308 Å². The van der Waals surface area contributed by atoms with Gasteiger partial charge in [-0.3, -0.25) is 9.44 Å². The number of fused-ring (bicyclic) bond motifs is 2. The van der Waals surface area contributed by atoms with Crippen molar-refractivity contribution < 1.29 is 50.9 Å². The predicted molar refractivity (Wildman–Crippen MR) is 201 cm³/mol. The number of aromatic hydroxyl groups is 2. The first-order valence-electron chi connectivity index (χ1n) is 15.7. The van der Waals surface area contributed by atoms with Crippen molar-refractivity contribution in [1.29, 1.82) is 0 Å². The predicted octanol–water partition coefficient (Wildman–Crippen LogP) is 6.22. The summed E-state index contributed by atoms with van der Waals surface area (Å²) in [5.41, 5.74) is 0.288. The monoisotopic (exact) mass is 770 g/mol. The Morgan fingerprint density at radius 3 is 1.24 bits per heavy atom. The van der Waals surface area contributed by atoms with Gasteiger partial charge in [-0.05, 0) is 106 Å². The zero-order chi connectivity index (χ0) is 38.8. The zero-order valence-electron chi connectivity index (χ0n) is 28.3. The average molecular weight is 771 g/mol. The highest BCUT2D eigenvalue weighted by atomic mass is 32.2. The lowest BCUT2D eigenvalue weighted by Crippen LogP contribution is -2.19. The first-order chi connectivity index (χ1) is 25.6. The van der Waals surface area contributed by atoms with Crippen LogP contribution in [0.25, 0.3) is 21.5 Å². The number of carbonyl (C=O) groups excluding carboxylic acids is 3. The van der Waals surface area contributed by atoms with Gasteiger partial charge in [0.05, 0.1) is 24.0 Å². The topological polar surface area (TPSA) is 227 Å². The highest BCUT2D eigenvalue weighted by Gasteiger charge is 2.20. The number of amides is 2. The van der Waals surface area contributed by atoms with Gasteiger partial charge in [-0.1, -0.05) is 24.3 Å². The summed E-state index contributed by atoms with van der Waals surface area (Å²) in [4.78, 5) is 36.7. The van der Waals surface area contributed by atoms with Crippen molar-refractivity contribution in [3.8, 4) is 11.5 Å². The summed E-state index contributed by atoms with van der Waals surface area (Å²) >= 11 is 0. The maximum atomic E-state index is 13.2. The molecule has 6 aromatic carbocycles. The van der Waals surface area contributed by atoms with Gasteiger partial charge in [0.25, 0.3) is 20.0 Å². The Morgan fingerprint density at radius 1 is 0.481 bits per heavy atom. The highest BCUT2D eigenvalue weighted by molar-refractivity contribution is 7.93. The molecule has 6 N–H and O–H groups in total. The average Bonchev–Trinajstić information content (AvgIpc) is 3.14. The number of hydrogen-bond donors (Lipinski definition) is 6. The van der Waals surface area contributed by atoms with Crippen molar-refractivity contribution in [2.45, 2.75) is 9.79 Å². The number of hydrogen-bond acceptors (Lipinski definition) is 11. The third kappa shape index (κ3) is 7.96. The third-order valence-electron chi connectivity index (χ3n) is 8.07. The van der Waals surface area contributed by atoms with E-state index in [1.54, 1.807) is 48.5 Å². The Morgan fingerprint density at radius 2 is 0.852 bits per heavy atom. The van der Waals surface area contributed by atoms with E-state index in [0.717, 1.165) is 38.5 Å². The Bertz CT molecular complexity index is 2530. The minimum atomic E-state index is -4.15. The van der Waals surface area contributed by atoms with Gasteiger partial charge in [0.2, 0.25) is 0 Å². The van der Waals surface area contributed by atoms with Crippen molar-refractivity contribution in [3.05, 3.63) is 120 Å². The lowest BCUT2D eigenvalue weighted by molar-refractivity contribution is 0.0588. The lowest BCUT2D eigenvalue weighted by atomic mass is 10.1. The van der Waals surface area contributed by atoms with Crippen molar-refractivity contribution in [1.82, 2.24) is 0 Å². The fourth-order valence-electron chi connectivity index (χ4n) is 5.41. The van der Waals surface area contributed by atoms with E-state index in [9.17, 15) is 41.4 Å². The molecule has 0 aliphatic rings. The summed E-state index contributed by atoms with van der Waals surface area (Å²) in [7, 11) is -6.04. The van der Waals surface area contributed by atoms with Crippen LogP contribution < -0.4 is 20.1 Å². The number of sulfonamides is 2. The number of carbonyl (C=O) groups is 3. The van der Waals surface area contributed by atoms with E-state index in [2.05, 4.69) is 29.6 Å². The molecule has 0 atom stereocenters. The second kappa shape index (κ2) is 14.6. The molecule has 0 heterocycles. The molecule has 0 radical (unpaired) electrons. The molecule has 0 aliphatic carbocycles. The number of urea groups is 1. The van der Waals surface area contributed by atoms with Crippen molar-refractivity contribution in [2.24, 2.45) is 0 Å². The van der Waals surface area contributed by atoms with Crippen molar-refractivity contribution in [2.75, 3.05) is 34.3 Å². The smallest absolute Gasteiger partial charge is 0.341 e. The van der Waals surface area contributed by atoms with Gasteiger partial charge in [-0.25, -0.2) is 31.2 Å². The number of phenols is 2. The van der Waals surface area contributed by atoms with Crippen molar-refractivity contribution in [3.63, 3.8) is 0 Å². The lowest BCUT2D eigenvalue weighted by Gasteiger charge is -2.12. The molecule has 0 saturated carbocycles. The molecule has 0 spiro atoms. The Hall–Kier alpha value is -6.85. The standard InChI is InChI=1S/C37H30N4O11S2/c1-51-35(44)31-19-27(9-13-33(31)42)40-53(47,48)29-11-5-21-3-7-25(15-23(21)17-29)38-37(46)39-26-8-4-22-6-12-30(18-24(22)16-26)54(49,50)41-28-10-14-34(43)32(20-28)36(45)52-2/h3-20,40-43H,1-2H3,(H2,38,39,46). The molecule has 0 saturated heterocycles. The number of nitrogens with one attached hydrogen (secondary N) is 4. The van der Waals surface area contributed by atoms with Crippen LogP contribution in [-0.2, 0) is 29.5 Å². The quantitative estimate of drug-likeness (QED) is 0.0677. The first-order valence-corrected chi connectivity index (χ1v) is 18.7. The van der Waals surface area contributed by atoms with Crippen LogP contribution in [0, 0.1) is 0 Å². The molecule has 15 nitrogen and oxygen atoms in total. The van der Waals surface area contributed by atoms with Gasteiger partial charge in [0.1, 0.15) is 22.6 Å². The molecule has 0 bridgehead atoms. The molecule has 6 rings (SSSR count). The first kappa shape index (κ1) is 36.9. The van der Waals surface area contributed by atoms with E-state index in [4.69, 9.17) is 0 Å². The summed E-state index contributed by atoms with van der Waals surface area (Å²) in [6.07, 6.45) is 0. The van der Waals surface area contributed by atoms with E-state index in [1.807, 2.05) is 0 Å². The molecular weight excluding hydrogens is 741 g/mol. The van der Waals surface area contributed by atoms with Crippen LogP contribution in [-0.4, -0.2) is 59.2 Å². The van der Waals surface area contributed by atoms with E-state index in [1.165, 1.54) is 36.4 Å². The molecule has 0 aromatic heterocycles. The van der Waals surface area contributed by atoms with E-state index < -0.39 is 38.0 Å². The molecule has 0 unspecified atom stereocenters. The van der Waals surface area contributed by atoms with Crippen LogP contribution >= 0.6 is 0 Å². The van der Waals surface area contributed by atoms with Crippen LogP contribution in [0.5, 0.6) is 11.5 Å². The minimum absolute atomic E-state index is 0.0215. The third-order valence-corrected chi connectivity index (χ3v) is 10.8. The molecule has 2 amide bonds. The van der Waals surface area contributed by atoms with E-state index in [-0.39, 0.29) is 43.8 Å². The Balaban J connectivity index is 1.17. The molecule has 276 valence electrons. The fraction of sp³-hybridized carbons (Fsp3) is 0.0541. The van der Waals surface area contributed by atoms with Crippen LogP contribution in [0.15, 0.2) is 119 Å². The number of benzene rings is 6. The number of esters is 2. The highest BCUT2D eigenvalue weighted by Crippen LogP contribution is 2.29. The summed E-state index contributed by atoms with van der Waals surface area (Å²) in [6.45, 7) is 0. The number of anilines is 4. The molecule has 0 fully saturated rings. The van der Waals surface area contributed by atoms with Gasteiger partial charge in [-0.15, -0.1) is 0 Å². The molecule has 54 heavy (non-hydrogen) atoms. The van der Waals surface area contributed by atoms with E-state index >= 15 is 0 Å². The minimum Gasteiger partial charge on any atom is -0.507 e. The molecule has 0 aliphatic heterocycles. The summed E-state index contributed by atoms with van der Waals surface area (Å²) in [5, 5.41) is 27.6. The summed E-state index contributed by atoms with van der Waals surface area (Å²) < 4.78 is 66.9. The number of phenolic OH excluding ortho intramolecular Hbond substituents is 2. The molecule has 17 heteroatoms. The zero-order valence-corrected chi connectivity index (χ0v) is 29.9. The maximum absolute atomic E-state index is 13.2. The van der Waals surface area contributed by atoms with Crippen molar-refractivity contribution >= 4 is 82.3 Å². The second-order valence-electron chi connectivity index (χ2n) is 11.7. The SMILES string of the molecule is COC(=O)c1cc(NS(=O)(=O)c2ccc3ccc(NC(=O)Nc4ccc5ccc(S(=O)(=O)Nc6ccc(O)c(C(=O)OC)c6)cc5c4)cc3c2)ccc1O. The van der Waals surface area contributed by atoms with Gasteiger partial charge in [0.15, 0.2) is 0 Å². The number of rotatable bonds is 10. The van der Waals surface area contributed by atoms with Gasteiger partial charge in [-0.2, -0.15) is 0 Å².